The van der Waals surface area contributed by atoms with Gasteiger partial charge in [0.25, 0.3) is 0 Å². The van der Waals surface area contributed by atoms with Crippen LogP contribution in [0.2, 0.25) is 0 Å². The van der Waals surface area contributed by atoms with Crippen LogP contribution in [0.15, 0.2) is 0 Å². The van der Waals surface area contributed by atoms with Crippen LogP contribution in [0, 0.1) is 0 Å². The molecule has 0 bridgehead atoms. The third kappa shape index (κ3) is 2.64. The first-order chi connectivity index (χ1) is 6.80. The van der Waals surface area contributed by atoms with Crippen molar-refractivity contribution in [2.75, 3.05) is 11.5 Å². The number of carbonyl (C=O) groups is 1. The highest BCUT2D eigenvalue weighted by molar-refractivity contribution is 7.99. The molecule has 5 nitrogen and oxygen atoms in total. The van der Waals surface area contributed by atoms with Crippen LogP contribution < -0.4 is 4.72 Å². The maximum Gasteiger partial charge on any atom is 0.325 e. The largest absolute Gasteiger partial charge is 0.480 e. The summed E-state index contributed by atoms with van der Waals surface area (Å²) in [6, 6.07) is 0. The zero-order chi connectivity index (χ0) is 11.7. The van der Waals surface area contributed by atoms with Gasteiger partial charge in [0.1, 0.15) is 5.54 Å². The fourth-order valence-corrected chi connectivity index (χ4v) is 3.71. The Morgan fingerprint density at radius 2 is 2.13 bits per heavy atom. The van der Waals surface area contributed by atoms with E-state index in [-0.39, 0.29) is 0 Å². The molecule has 0 aromatic heterocycles. The first-order valence-electron chi connectivity index (χ1n) is 4.64. The molecule has 0 spiro atoms. The van der Waals surface area contributed by atoms with E-state index < -0.39 is 26.8 Å². The van der Waals surface area contributed by atoms with Crippen LogP contribution in [0.1, 0.15) is 20.3 Å². The standard InChI is InChI=1S/C8H15NO4S2/c1-6(2)15(12,13)9-8(7(10)11)3-4-14-5-8/h6,9H,3-5H2,1-2H3,(H,10,11). The fraction of sp³-hybridized carbons (Fsp3) is 0.875. The molecule has 0 aromatic rings. The van der Waals surface area contributed by atoms with Gasteiger partial charge in [-0.05, 0) is 26.0 Å². The lowest BCUT2D eigenvalue weighted by Crippen LogP contribution is -2.56. The van der Waals surface area contributed by atoms with Gasteiger partial charge in [-0.2, -0.15) is 16.5 Å². The first-order valence-corrected chi connectivity index (χ1v) is 7.34. The van der Waals surface area contributed by atoms with E-state index in [1.807, 2.05) is 0 Å². The van der Waals surface area contributed by atoms with Gasteiger partial charge in [-0.3, -0.25) is 4.79 Å². The summed E-state index contributed by atoms with van der Waals surface area (Å²) >= 11 is 1.45. The van der Waals surface area contributed by atoms with Crippen molar-refractivity contribution < 1.29 is 18.3 Å². The molecule has 1 aliphatic heterocycles. The van der Waals surface area contributed by atoms with Gasteiger partial charge in [0.2, 0.25) is 10.0 Å². The van der Waals surface area contributed by atoms with Crippen LogP contribution in [0.25, 0.3) is 0 Å². The number of rotatable bonds is 4. The molecule has 1 aliphatic rings. The molecule has 0 aromatic carbocycles. The summed E-state index contributed by atoms with van der Waals surface area (Å²) in [5, 5.41) is 8.46. The number of sulfonamides is 1. The van der Waals surface area contributed by atoms with E-state index in [4.69, 9.17) is 5.11 Å². The van der Waals surface area contributed by atoms with E-state index >= 15 is 0 Å². The minimum absolute atomic E-state index is 0.300. The molecule has 88 valence electrons. The van der Waals surface area contributed by atoms with E-state index in [1.165, 1.54) is 25.6 Å². The average molecular weight is 253 g/mol. The van der Waals surface area contributed by atoms with Gasteiger partial charge in [-0.15, -0.1) is 0 Å². The number of nitrogens with one attached hydrogen (secondary N) is 1. The summed E-state index contributed by atoms with van der Waals surface area (Å²) in [6.45, 7) is 3.06. The predicted molar refractivity (Wildman–Crippen MR) is 59.5 cm³/mol. The van der Waals surface area contributed by atoms with Crippen molar-refractivity contribution in [3.63, 3.8) is 0 Å². The van der Waals surface area contributed by atoms with Crippen molar-refractivity contribution in [2.24, 2.45) is 0 Å². The molecule has 0 radical (unpaired) electrons. The van der Waals surface area contributed by atoms with Crippen LogP contribution in [0.3, 0.4) is 0 Å². The molecular formula is C8H15NO4S2. The Morgan fingerprint density at radius 1 is 1.53 bits per heavy atom. The van der Waals surface area contributed by atoms with Crippen LogP contribution in [0.5, 0.6) is 0 Å². The van der Waals surface area contributed by atoms with Gasteiger partial charge in [-0.1, -0.05) is 0 Å². The van der Waals surface area contributed by atoms with Gasteiger partial charge >= 0.3 is 5.97 Å². The molecule has 1 fully saturated rings. The fourth-order valence-electron chi connectivity index (χ4n) is 1.25. The Morgan fingerprint density at radius 3 is 2.47 bits per heavy atom. The van der Waals surface area contributed by atoms with Crippen molar-refractivity contribution in [3.8, 4) is 0 Å². The normalized spacial score (nSPS) is 27.1. The maximum absolute atomic E-state index is 11.6. The summed E-state index contributed by atoms with van der Waals surface area (Å²) in [7, 11) is -3.53. The second kappa shape index (κ2) is 4.31. The van der Waals surface area contributed by atoms with E-state index in [0.29, 0.717) is 17.9 Å². The zero-order valence-electron chi connectivity index (χ0n) is 8.69. The summed E-state index contributed by atoms with van der Waals surface area (Å²) in [4.78, 5) is 11.1. The van der Waals surface area contributed by atoms with E-state index in [9.17, 15) is 13.2 Å². The molecule has 2 N–H and O–H groups in total. The number of thioether (sulfide) groups is 1. The van der Waals surface area contributed by atoms with Crippen LogP contribution >= 0.6 is 11.8 Å². The Kier molecular flexibility index (Phi) is 3.67. The summed E-state index contributed by atoms with van der Waals surface area (Å²) in [6.07, 6.45) is 0.346. The molecule has 1 rings (SSSR count). The van der Waals surface area contributed by atoms with E-state index in [1.54, 1.807) is 0 Å². The molecule has 15 heavy (non-hydrogen) atoms. The van der Waals surface area contributed by atoms with Crippen LogP contribution in [-0.4, -0.2) is 41.8 Å². The minimum Gasteiger partial charge on any atom is -0.480 e. The highest BCUT2D eigenvalue weighted by Crippen LogP contribution is 2.29. The van der Waals surface area contributed by atoms with Gasteiger partial charge < -0.3 is 5.11 Å². The first kappa shape index (κ1) is 12.8. The molecular weight excluding hydrogens is 238 g/mol. The second-order valence-electron chi connectivity index (χ2n) is 3.89. The van der Waals surface area contributed by atoms with Crippen molar-refractivity contribution in [2.45, 2.75) is 31.1 Å². The third-order valence-corrected chi connectivity index (χ3v) is 5.50. The smallest absolute Gasteiger partial charge is 0.325 e. The molecule has 0 saturated carbocycles. The van der Waals surface area contributed by atoms with Gasteiger partial charge in [0.05, 0.1) is 5.25 Å². The third-order valence-electron chi connectivity index (χ3n) is 2.39. The number of carboxylic acid groups (broad SMARTS) is 1. The Labute approximate surface area is 93.7 Å². The Bertz CT molecular complexity index is 344. The number of carboxylic acids is 1. The minimum atomic E-state index is -3.53. The number of hydrogen-bond acceptors (Lipinski definition) is 4. The van der Waals surface area contributed by atoms with Crippen molar-refractivity contribution >= 4 is 27.8 Å². The Hall–Kier alpha value is -0.270. The summed E-state index contributed by atoms with van der Waals surface area (Å²) in [5.74, 6) is -0.113. The van der Waals surface area contributed by atoms with E-state index in [2.05, 4.69) is 4.72 Å². The molecule has 1 atom stereocenters. The highest BCUT2D eigenvalue weighted by atomic mass is 32.2. The lowest BCUT2D eigenvalue weighted by atomic mass is 10.0. The summed E-state index contributed by atoms with van der Waals surface area (Å²) in [5.41, 5.74) is -1.30. The lowest BCUT2D eigenvalue weighted by molar-refractivity contribution is -0.142. The van der Waals surface area contributed by atoms with Gasteiger partial charge in [-0.25, -0.2) is 8.42 Å². The maximum atomic E-state index is 11.6. The highest BCUT2D eigenvalue weighted by Gasteiger charge is 2.45. The lowest BCUT2D eigenvalue weighted by Gasteiger charge is -2.25. The SMILES string of the molecule is CC(C)S(=O)(=O)NC1(C(=O)O)CCSC1. The van der Waals surface area contributed by atoms with Crippen LogP contribution in [0.4, 0.5) is 0 Å². The predicted octanol–water partition coefficient (Wildman–Crippen LogP) is 0.274. The molecule has 0 amide bonds. The molecule has 1 saturated heterocycles. The zero-order valence-corrected chi connectivity index (χ0v) is 10.3. The van der Waals surface area contributed by atoms with Crippen molar-refractivity contribution in [3.05, 3.63) is 0 Å². The van der Waals surface area contributed by atoms with Crippen LogP contribution in [-0.2, 0) is 14.8 Å². The van der Waals surface area contributed by atoms with Gasteiger partial charge in [0, 0.05) is 5.75 Å². The number of aliphatic carboxylic acids is 1. The topological polar surface area (TPSA) is 83.5 Å². The monoisotopic (exact) mass is 253 g/mol. The van der Waals surface area contributed by atoms with E-state index in [0.717, 1.165) is 0 Å². The Balaban J connectivity index is 2.90. The number of hydrogen-bond donors (Lipinski definition) is 2. The van der Waals surface area contributed by atoms with Gasteiger partial charge in [0.15, 0.2) is 0 Å². The van der Waals surface area contributed by atoms with Crippen molar-refractivity contribution in [1.29, 1.82) is 0 Å². The average Bonchev–Trinajstić information content (AvgIpc) is 2.53. The molecule has 1 unspecified atom stereocenters. The quantitative estimate of drug-likeness (QED) is 0.751. The second-order valence-corrected chi connectivity index (χ2v) is 7.23. The molecule has 1 heterocycles. The summed E-state index contributed by atoms with van der Waals surface area (Å²) < 4.78 is 25.5. The molecule has 0 aliphatic carbocycles. The molecule has 7 heteroatoms. The van der Waals surface area contributed by atoms with Crippen molar-refractivity contribution in [1.82, 2.24) is 4.72 Å².